The minimum absolute atomic E-state index is 0.255. The highest BCUT2D eigenvalue weighted by Gasteiger charge is 2.26. The molecule has 102 valence electrons. The van der Waals surface area contributed by atoms with Gasteiger partial charge in [-0.3, -0.25) is 0 Å². The molecule has 1 heterocycles. The molecule has 3 rings (SSSR count). The first kappa shape index (κ1) is 12.9. The van der Waals surface area contributed by atoms with Crippen LogP contribution in [-0.4, -0.2) is 14.3 Å². The van der Waals surface area contributed by atoms with Crippen LogP contribution in [0.4, 0.5) is 11.4 Å². The number of rotatable bonds is 0. The number of nitrogens with zero attached hydrogens (tertiary/aromatic N) is 1. The van der Waals surface area contributed by atoms with Gasteiger partial charge in [-0.2, -0.15) is 0 Å². The molecule has 0 spiro atoms. The molecule has 0 unspecified atom stereocenters. The van der Waals surface area contributed by atoms with Gasteiger partial charge in [0.25, 0.3) is 0 Å². The molecule has 1 aliphatic rings. The second-order valence-corrected chi connectivity index (χ2v) is 6.68. The maximum atomic E-state index is 12.8. The molecule has 0 saturated carbocycles. The molecule has 2 aromatic rings. The summed E-state index contributed by atoms with van der Waals surface area (Å²) in [5.41, 5.74) is 1.92. The maximum Gasteiger partial charge on any atom is 0.210 e. The van der Waals surface area contributed by atoms with E-state index < -0.39 is 9.84 Å². The van der Waals surface area contributed by atoms with Crippen molar-refractivity contribution in [3.8, 4) is 0 Å². The van der Waals surface area contributed by atoms with Gasteiger partial charge in [0, 0.05) is 0 Å². The van der Waals surface area contributed by atoms with Crippen molar-refractivity contribution in [2.24, 2.45) is 4.99 Å². The fraction of sp³-hybridized carbons (Fsp3) is 0.133. The summed E-state index contributed by atoms with van der Waals surface area (Å²) in [7, 11) is -3.58. The van der Waals surface area contributed by atoms with Crippen LogP contribution in [0.5, 0.6) is 0 Å². The smallest absolute Gasteiger partial charge is 0.210 e. The van der Waals surface area contributed by atoms with Gasteiger partial charge in [-0.15, -0.1) is 0 Å². The molecule has 0 radical (unpaired) electrons. The number of fused-ring (bicyclic) bond motifs is 2. The summed E-state index contributed by atoms with van der Waals surface area (Å²) in [4.78, 5) is 4.90. The fourth-order valence-corrected chi connectivity index (χ4v) is 3.89. The van der Waals surface area contributed by atoms with Gasteiger partial charge in [0.1, 0.15) is 5.84 Å². The van der Waals surface area contributed by atoms with E-state index in [1.54, 1.807) is 36.4 Å². The number of hydrogen-bond donors (Lipinski definition) is 1. The van der Waals surface area contributed by atoms with Crippen LogP contribution >= 0.6 is 0 Å². The van der Waals surface area contributed by atoms with E-state index >= 15 is 0 Å². The molecule has 20 heavy (non-hydrogen) atoms. The number of aryl methyl sites for hydroxylation is 1. The molecular weight excluding hydrogens is 272 g/mol. The molecule has 4 nitrogen and oxygen atoms in total. The van der Waals surface area contributed by atoms with Crippen LogP contribution in [-0.2, 0) is 9.84 Å². The first-order chi connectivity index (χ1) is 9.48. The third kappa shape index (κ3) is 2.00. The van der Waals surface area contributed by atoms with Gasteiger partial charge in [-0.05, 0) is 43.7 Å². The number of aliphatic imine (C=N–C) groups is 1. The van der Waals surface area contributed by atoms with E-state index in [4.69, 9.17) is 0 Å². The highest BCUT2D eigenvalue weighted by Crippen LogP contribution is 2.35. The molecule has 0 atom stereocenters. The summed E-state index contributed by atoms with van der Waals surface area (Å²) < 4.78 is 25.6. The van der Waals surface area contributed by atoms with Gasteiger partial charge in [0.2, 0.25) is 9.84 Å². The standard InChI is InChI=1S/C15H14N2O2S/c1-10-7-8-13-15(9-10)20(18,19)14-6-4-3-5-12(14)16-11(2)17-13/h3-9H,1-2H3,(H,16,17). The van der Waals surface area contributed by atoms with Gasteiger partial charge >= 0.3 is 0 Å². The van der Waals surface area contributed by atoms with E-state index in [-0.39, 0.29) is 9.79 Å². The second kappa shape index (κ2) is 4.45. The first-order valence-corrected chi connectivity index (χ1v) is 7.74. The van der Waals surface area contributed by atoms with E-state index in [0.29, 0.717) is 17.2 Å². The fourth-order valence-electron chi connectivity index (χ4n) is 2.26. The number of sulfone groups is 1. The van der Waals surface area contributed by atoms with Gasteiger partial charge in [-0.25, -0.2) is 13.4 Å². The Labute approximate surface area is 118 Å². The molecule has 1 aliphatic heterocycles. The van der Waals surface area contributed by atoms with Crippen molar-refractivity contribution >= 4 is 27.0 Å². The SMILES string of the molecule is CC1=Nc2ccc(C)cc2S(=O)(=O)c2ccccc2N1. The average Bonchev–Trinajstić information content (AvgIpc) is 2.40. The minimum Gasteiger partial charge on any atom is -0.343 e. The van der Waals surface area contributed by atoms with E-state index in [9.17, 15) is 8.42 Å². The molecule has 0 aromatic heterocycles. The maximum absolute atomic E-state index is 12.8. The predicted octanol–water partition coefficient (Wildman–Crippen LogP) is 3.30. The zero-order chi connectivity index (χ0) is 14.3. The first-order valence-electron chi connectivity index (χ1n) is 6.25. The number of hydrogen-bond acceptors (Lipinski definition) is 4. The predicted molar refractivity (Wildman–Crippen MR) is 79.5 cm³/mol. The summed E-state index contributed by atoms with van der Waals surface area (Å²) in [6.07, 6.45) is 0. The highest BCUT2D eigenvalue weighted by molar-refractivity contribution is 7.91. The van der Waals surface area contributed by atoms with Crippen LogP contribution in [0, 0.1) is 6.92 Å². The molecule has 0 bridgehead atoms. The van der Waals surface area contributed by atoms with Crippen molar-refractivity contribution in [3.63, 3.8) is 0 Å². The van der Waals surface area contributed by atoms with E-state index in [0.717, 1.165) is 5.56 Å². The molecule has 0 aliphatic carbocycles. The Morgan fingerprint density at radius 3 is 2.55 bits per heavy atom. The van der Waals surface area contributed by atoms with Crippen molar-refractivity contribution in [1.29, 1.82) is 0 Å². The summed E-state index contributed by atoms with van der Waals surface area (Å²) >= 11 is 0. The van der Waals surface area contributed by atoms with E-state index in [1.807, 2.05) is 19.9 Å². The summed E-state index contributed by atoms with van der Waals surface area (Å²) in [5, 5.41) is 3.04. The zero-order valence-electron chi connectivity index (χ0n) is 11.2. The van der Waals surface area contributed by atoms with Crippen molar-refractivity contribution in [2.75, 3.05) is 5.32 Å². The Balaban J connectivity index is 2.41. The highest BCUT2D eigenvalue weighted by atomic mass is 32.2. The van der Waals surface area contributed by atoms with Crippen LogP contribution in [0.2, 0.25) is 0 Å². The molecule has 0 fully saturated rings. The molecule has 2 aromatic carbocycles. The second-order valence-electron chi connectivity index (χ2n) is 4.79. The number of nitrogens with one attached hydrogen (secondary N) is 1. The monoisotopic (exact) mass is 286 g/mol. The molecule has 0 amide bonds. The Bertz CT molecular complexity index is 824. The minimum atomic E-state index is -3.58. The van der Waals surface area contributed by atoms with Crippen molar-refractivity contribution in [1.82, 2.24) is 0 Å². The van der Waals surface area contributed by atoms with E-state index in [2.05, 4.69) is 10.3 Å². The lowest BCUT2D eigenvalue weighted by Crippen LogP contribution is -2.14. The van der Waals surface area contributed by atoms with Gasteiger partial charge in [0.05, 0.1) is 21.2 Å². The lowest BCUT2D eigenvalue weighted by molar-refractivity contribution is 0.596. The van der Waals surface area contributed by atoms with Crippen LogP contribution in [0.15, 0.2) is 57.2 Å². The Hall–Kier alpha value is -2.14. The lowest BCUT2D eigenvalue weighted by atomic mass is 10.2. The quantitative estimate of drug-likeness (QED) is 0.808. The normalized spacial score (nSPS) is 16.0. The Morgan fingerprint density at radius 2 is 1.75 bits per heavy atom. The molecule has 0 saturated heterocycles. The van der Waals surface area contributed by atoms with Gasteiger partial charge in [-0.1, -0.05) is 18.2 Å². The van der Waals surface area contributed by atoms with Crippen molar-refractivity contribution in [3.05, 3.63) is 48.0 Å². The largest absolute Gasteiger partial charge is 0.343 e. The van der Waals surface area contributed by atoms with Crippen LogP contribution in [0.1, 0.15) is 12.5 Å². The van der Waals surface area contributed by atoms with Gasteiger partial charge < -0.3 is 5.32 Å². The Kier molecular flexibility index (Phi) is 2.87. The molecular formula is C15H14N2O2S. The number of para-hydroxylation sites is 1. The van der Waals surface area contributed by atoms with Crippen LogP contribution < -0.4 is 5.32 Å². The third-order valence-corrected chi connectivity index (χ3v) is 5.03. The number of anilines is 1. The number of benzene rings is 2. The summed E-state index contributed by atoms with van der Waals surface area (Å²) in [5.74, 6) is 0.664. The van der Waals surface area contributed by atoms with Crippen molar-refractivity contribution < 1.29 is 8.42 Å². The van der Waals surface area contributed by atoms with Crippen LogP contribution in [0.25, 0.3) is 0 Å². The average molecular weight is 286 g/mol. The topological polar surface area (TPSA) is 58.5 Å². The van der Waals surface area contributed by atoms with Crippen molar-refractivity contribution in [2.45, 2.75) is 23.6 Å². The third-order valence-electron chi connectivity index (χ3n) is 3.19. The molecule has 1 N–H and O–H groups in total. The lowest BCUT2D eigenvalue weighted by Gasteiger charge is -2.17. The van der Waals surface area contributed by atoms with Gasteiger partial charge in [0.15, 0.2) is 0 Å². The zero-order valence-corrected chi connectivity index (χ0v) is 12.0. The number of amidine groups is 1. The summed E-state index contributed by atoms with van der Waals surface area (Å²) in [6, 6.07) is 12.1. The van der Waals surface area contributed by atoms with E-state index in [1.165, 1.54) is 0 Å². The summed E-state index contributed by atoms with van der Waals surface area (Å²) in [6.45, 7) is 3.69. The van der Waals surface area contributed by atoms with Crippen LogP contribution in [0.3, 0.4) is 0 Å². The Morgan fingerprint density at radius 1 is 1.00 bits per heavy atom. The molecule has 5 heteroatoms.